The standard InChI is InChI=1S/C14H18N4O2/c15-13(19)14-16-11-4-3-10(9-12(11)17-14)20-8-7-18-5-1-2-6-18/h3-4,9H,1-2,5-8H2,(H2,15,19)(H,16,17). The molecule has 3 rings (SSSR count). The molecule has 2 aromatic rings. The molecule has 1 aromatic carbocycles. The number of benzene rings is 1. The maximum atomic E-state index is 11.1. The Morgan fingerprint density at radius 2 is 2.20 bits per heavy atom. The summed E-state index contributed by atoms with van der Waals surface area (Å²) in [6.07, 6.45) is 2.57. The number of aromatic amines is 1. The molecular formula is C14H18N4O2. The molecule has 0 bridgehead atoms. The van der Waals surface area contributed by atoms with Crippen molar-refractivity contribution in [3.8, 4) is 5.75 Å². The normalized spacial score (nSPS) is 15.8. The van der Waals surface area contributed by atoms with E-state index in [-0.39, 0.29) is 5.82 Å². The Morgan fingerprint density at radius 3 is 2.95 bits per heavy atom. The van der Waals surface area contributed by atoms with E-state index in [1.165, 1.54) is 25.9 Å². The van der Waals surface area contributed by atoms with E-state index in [0.717, 1.165) is 17.8 Å². The van der Waals surface area contributed by atoms with Gasteiger partial charge in [0.2, 0.25) is 0 Å². The van der Waals surface area contributed by atoms with Crippen LogP contribution in [0.25, 0.3) is 11.0 Å². The third-order valence-electron chi connectivity index (χ3n) is 3.56. The molecule has 0 aliphatic carbocycles. The maximum absolute atomic E-state index is 11.1. The van der Waals surface area contributed by atoms with Gasteiger partial charge in [-0.15, -0.1) is 0 Å². The topological polar surface area (TPSA) is 84.2 Å². The summed E-state index contributed by atoms with van der Waals surface area (Å²) >= 11 is 0. The number of carbonyl (C=O) groups excluding carboxylic acids is 1. The monoisotopic (exact) mass is 274 g/mol. The van der Waals surface area contributed by atoms with E-state index in [9.17, 15) is 4.79 Å². The molecule has 6 heteroatoms. The first-order valence-corrected chi connectivity index (χ1v) is 6.87. The van der Waals surface area contributed by atoms with Crippen LogP contribution in [0.1, 0.15) is 23.5 Å². The van der Waals surface area contributed by atoms with Crippen LogP contribution in [-0.4, -0.2) is 47.0 Å². The van der Waals surface area contributed by atoms with Crippen LogP contribution < -0.4 is 10.5 Å². The molecule has 1 aromatic heterocycles. The number of imidazole rings is 1. The number of primary amides is 1. The van der Waals surface area contributed by atoms with Gasteiger partial charge in [-0.05, 0) is 38.1 Å². The second kappa shape index (κ2) is 5.50. The molecule has 0 atom stereocenters. The van der Waals surface area contributed by atoms with E-state index in [1.54, 1.807) is 0 Å². The van der Waals surface area contributed by atoms with Crippen molar-refractivity contribution in [3.63, 3.8) is 0 Å². The van der Waals surface area contributed by atoms with Gasteiger partial charge in [0, 0.05) is 12.6 Å². The first kappa shape index (κ1) is 12.9. The van der Waals surface area contributed by atoms with Crippen LogP contribution in [0.15, 0.2) is 18.2 Å². The number of hydrogen-bond donors (Lipinski definition) is 2. The Balaban J connectivity index is 1.64. The minimum atomic E-state index is -0.558. The summed E-state index contributed by atoms with van der Waals surface area (Å²) in [5, 5.41) is 0. The van der Waals surface area contributed by atoms with Gasteiger partial charge in [-0.25, -0.2) is 4.98 Å². The summed E-state index contributed by atoms with van der Waals surface area (Å²) in [6.45, 7) is 3.96. The molecular weight excluding hydrogens is 256 g/mol. The molecule has 20 heavy (non-hydrogen) atoms. The number of nitrogens with zero attached hydrogens (tertiary/aromatic N) is 2. The molecule has 106 valence electrons. The number of rotatable bonds is 5. The fraction of sp³-hybridized carbons (Fsp3) is 0.429. The van der Waals surface area contributed by atoms with Gasteiger partial charge in [-0.3, -0.25) is 9.69 Å². The second-order valence-corrected chi connectivity index (χ2v) is 5.03. The van der Waals surface area contributed by atoms with Gasteiger partial charge in [0.25, 0.3) is 5.91 Å². The average Bonchev–Trinajstić information content (AvgIpc) is 3.06. The lowest BCUT2D eigenvalue weighted by atomic mass is 10.3. The van der Waals surface area contributed by atoms with Crippen molar-refractivity contribution in [1.29, 1.82) is 0 Å². The highest BCUT2D eigenvalue weighted by atomic mass is 16.5. The lowest BCUT2D eigenvalue weighted by Crippen LogP contribution is -2.25. The van der Waals surface area contributed by atoms with Crippen molar-refractivity contribution < 1.29 is 9.53 Å². The fourth-order valence-electron chi connectivity index (χ4n) is 2.49. The number of aromatic nitrogens is 2. The van der Waals surface area contributed by atoms with Crippen LogP contribution >= 0.6 is 0 Å². The number of amides is 1. The van der Waals surface area contributed by atoms with Crippen LogP contribution in [-0.2, 0) is 0 Å². The van der Waals surface area contributed by atoms with Crippen LogP contribution in [0.3, 0.4) is 0 Å². The van der Waals surface area contributed by atoms with Crippen molar-refractivity contribution in [2.75, 3.05) is 26.2 Å². The zero-order valence-electron chi connectivity index (χ0n) is 11.3. The predicted octanol–water partition coefficient (Wildman–Crippen LogP) is 1.14. The molecule has 2 heterocycles. The van der Waals surface area contributed by atoms with Crippen LogP contribution in [0.5, 0.6) is 5.75 Å². The van der Waals surface area contributed by atoms with Gasteiger partial charge in [0.15, 0.2) is 5.82 Å². The molecule has 0 unspecified atom stereocenters. The summed E-state index contributed by atoms with van der Waals surface area (Å²) in [4.78, 5) is 20.5. The van der Waals surface area contributed by atoms with Crippen LogP contribution in [0.2, 0.25) is 0 Å². The molecule has 1 fully saturated rings. The highest BCUT2D eigenvalue weighted by molar-refractivity contribution is 5.93. The van der Waals surface area contributed by atoms with E-state index in [0.29, 0.717) is 12.1 Å². The van der Waals surface area contributed by atoms with Crippen molar-refractivity contribution >= 4 is 16.9 Å². The first-order chi connectivity index (χ1) is 9.72. The van der Waals surface area contributed by atoms with Crippen molar-refractivity contribution in [1.82, 2.24) is 14.9 Å². The molecule has 1 aliphatic rings. The summed E-state index contributed by atoms with van der Waals surface area (Å²) in [7, 11) is 0. The van der Waals surface area contributed by atoms with Gasteiger partial charge in [0.05, 0.1) is 11.0 Å². The summed E-state index contributed by atoms with van der Waals surface area (Å²) < 4.78 is 5.73. The largest absolute Gasteiger partial charge is 0.492 e. The lowest BCUT2D eigenvalue weighted by molar-refractivity contribution is 0.0991. The van der Waals surface area contributed by atoms with Gasteiger partial charge >= 0.3 is 0 Å². The highest BCUT2D eigenvalue weighted by Crippen LogP contribution is 2.19. The first-order valence-electron chi connectivity index (χ1n) is 6.87. The maximum Gasteiger partial charge on any atom is 0.284 e. The Bertz CT molecular complexity index is 617. The number of nitrogens with one attached hydrogen (secondary N) is 1. The van der Waals surface area contributed by atoms with E-state index in [4.69, 9.17) is 10.5 Å². The van der Waals surface area contributed by atoms with Gasteiger partial charge in [-0.2, -0.15) is 0 Å². The molecule has 1 aliphatic heterocycles. The number of likely N-dealkylation sites (tertiary alicyclic amines) is 1. The average molecular weight is 274 g/mol. The number of nitrogens with two attached hydrogens (primary N) is 1. The zero-order chi connectivity index (χ0) is 13.9. The molecule has 0 saturated carbocycles. The number of H-pyrrole nitrogens is 1. The third-order valence-corrected chi connectivity index (χ3v) is 3.56. The predicted molar refractivity (Wildman–Crippen MR) is 75.8 cm³/mol. The molecule has 1 amide bonds. The van der Waals surface area contributed by atoms with Crippen LogP contribution in [0, 0.1) is 0 Å². The zero-order valence-corrected chi connectivity index (χ0v) is 11.3. The van der Waals surface area contributed by atoms with Gasteiger partial charge in [-0.1, -0.05) is 0 Å². The summed E-state index contributed by atoms with van der Waals surface area (Å²) in [5.41, 5.74) is 6.67. The molecule has 3 N–H and O–H groups in total. The highest BCUT2D eigenvalue weighted by Gasteiger charge is 2.11. The van der Waals surface area contributed by atoms with E-state index >= 15 is 0 Å². The Kier molecular flexibility index (Phi) is 3.56. The number of hydrogen-bond acceptors (Lipinski definition) is 4. The van der Waals surface area contributed by atoms with Crippen molar-refractivity contribution in [2.45, 2.75) is 12.8 Å². The lowest BCUT2D eigenvalue weighted by Gasteiger charge is -2.14. The molecule has 0 radical (unpaired) electrons. The number of fused-ring (bicyclic) bond motifs is 1. The van der Waals surface area contributed by atoms with E-state index < -0.39 is 5.91 Å². The summed E-state index contributed by atoms with van der Waals surface area (Å²) in [5.74, 6) is 0.381. The molecule has 1 saturated heterocycles. The Morgan fingerprint density at radius 1 is 1.40 bits per heavy atom. The fourth-order valence-corrected chi connectivity index (χ4v) is 2.49. The summed E-state index contributed by atoms with van der Waals surface area (Å²) in [6, 6.07) is 5.54. The smallest absolute Gasteiger partial charge is 0.284 e. The third kappa shape index (κ3) is 2.75. The molecule has 0 spiro atoms. The quantitative estimate of drug-likeness (QED) is 0.856. The van der Waals surface area contributed by atoms with E-state index in [1.807, 2.05) is 18.2 Å². The minimum absolute atomic E-state index is 0.175. The van der Waals surface area contributed by atoms with Gasteiger partial charge in [0.1, 0.15) is 12.4 Å². The van der Waals surface area contributed by atoms with Crippen molar-refractivity contribution in [2.24, 2.45) is 5.73 Å². The Labute approximate surface area is 116 Å². The minimum Gasteiger partial charge on any atom is -0.492 e. The molecule has 6 nitrogen and oxygen atoms in total. The van der Waals surface area contributed by atoms with Crippen LogP contribution in [0.4, 0.5) is 0 Å². The Hall–Kier alpha value is -2.08. The second-order valence-electron chi connectivity index (χ2n) is 5.03. The number of carbonyl (C=O) groups is 1. The SMILES string of the molecule is NC(=O)c1nc2cc(OCCN3CCCC3)ccc2[nH]1. The number of ether oxygens (including phenoxy) is 1. The van der Waals surface area contributed by atoms with E-state index in [2.05, 4.69) is 14.9 Å². The van der Waals surface area contributed by atoms with Gasteiger partial charge < -0.3 is 15.5 Å². The van der Waals surface area contributed by atoms with Crippen molar-refractivity contribution in [3.05, 3.63) is 24.0 Å².